The lowest BCUT2D eigenvalue weighted by Crippen LogP contribution is -2.47. The molecular formula is C31H31F3N4O3. The molecule has 1 aliphatic heterocycles. The van der Waals surface area contributed by atoms with Crippen LogP contribution in [0.25, 0.3) is 11.3 Å². The Balaban J connectivity index is 1.21. The van der Waals surface area contributed by atoms with Crippen molar-refractivity contribution in [3.8, 4) is 11.3 Å². The molecule has 1 aromatic heterocycles. The average molecular weight is 565 g/mol. The van der Waals surface area contributed by atoms with Crippen LogP contribution in [0.15, 0.2) is 60.8 Å². The number of carbonyl (C=O) groups excluding carboxylic acids is 3. The van der Waals surface area contributed by atoms with Gasteiger partial charge in [0.2, 0.25) is 5.91 Å². The number of rotatable bonds is 7. The van der Waals surface area contributed by atoms with Gasteiger partial charge in [-0.3, -0.25) is 19.4 Å². The van der Waals surface area contributed by atoms with Crippen LogP contribution in [0.2, 0.25) is 0 Å². The maximum atomic E-state index is 13.9. The molecule has 1 saturated heterocycles. The SMILES string of the molecule is CC(NC(=O)c1ccc(F)cc1)C(=O)NC[C@H]1CCC[C@@H]2CN(C(=O)c3cccnc3-c3cc(F)cc(F)c3)C[C@H]12. The van der Waals surface area contributed by atoms with Gasteiger partial charge in [0.15, 0.2) is 0 Å². The Morgan fingerprint density at radius 1 is 0.976 bits per heavy atom. The summed E-state index contributed by atoms with van der Waals surface area (Å²) in [6, 6.07) is 10.6. The molecule has 41 heavy (non-hydrogen) atoms. The minimum absolute atomic E-state index is 0.154. The predicted molar refractivity (Wildman–Crippen MR) is 146 cm³/mol. The van der Waals surface area contributed by atoms with Crippen LogP contribution in [-0.4, -0.2) is 53.3 Å². The highest BCUT2D eigenvalue weighted by Gasteiger charge is 2.42. The van der Waals surface area contributed by atoms with Crippen LogP contribution in [0.3, 0.4) is 0 Å². The van der Waals surface area contributed by atoms with E-state index in [0.29, 0.717) is 19.6 Å². The average Bonchev–Trinajstić information content (AvgIpc) is 3.40. The number of fused-ring (bicyclic) bond motifs is 1. The summed E-state index contributed by atoms with van der Waals surface area (Å²) in [4.78, 5) is 44.8. The predicted octanol–water partition coefficient (Wildman–Crippen LogP) is 4.59. The first-order valence-corrected chi connectivity index (χ1v) is 13.7. The number of aromatic nitrogens is 1. The molecule has 1 unspecified atom stereocenters. The Hall–Kier alpha value is -4.21. The van der Waals surface area contributed by atoms with Gasteiger partial charge in [0.1, 0.15) is 23.5 Å². The molecule has 214 valence electrons. The Labute approximate surface area is 236 Å². The van der Waals surface area contributed by atoms with Gasteiger partial charge in [0.05, 0.1) is 11.3 Å². The number of pyridine rings is 1. The van der Waals surface area contributed by atoms with E-state index in [2.05, 4.69) is 15.6 Å². The van der Waals surface area contributed by atoms with Crippen LogP contribution in [-0.2, 0) is 4.79 Å². The number of hydrogen-bond acceptors (Lipinski definition) is 4. The van der Waals surface area contributed by atoms with Crippen molar-refractivity contribution in [1.82, 2.24) is 20.5 Å². The van der Waals surface area contributed by atoms with Gasteiger partial charge >= 0.3 is 0 Å². The summed E-state index contributed by atoms with van der Waals surface area (Å²) in [5.41, 5.74) is 0.971. The summed E-state index contributed by atoms with van der Waals surface area (Å²) in [5, 5.41) is 5.59. The molecule has 0 radical (unpaired) electrons. The van der Waals surface area contributed by atoms with Gasteiger partial charge in [0, 0.05) is 43.0 Å². The van der Waals surface area contributed by atoms with Crippen molar-refractivity contribution < 1.29 is 27.6 Å². The normalized spacial score (nSPS) is 20.7. The van der Waals surface area contributed by atoms with Gasteiger partial charge in [-0.15, -0.1) is 0 Å². The first-order chi connectivity index (χ1) is 19.7. The summed E-state index contributed by atoms with van der Waals surface area (Å²) in [6.07, 6.45) is 4.33. The van der Waals surface area contributed by atoms with E-state index in [1.165, 1.54) is 30.5 Å². The van der Waals surface area contributed by atoms with Crippen LogP contribution < -0.4 is 10.6 Å². The van der Waals surface area contributed by atoms with Crippen molar-refractivity contribution >= 4 is 17.7 Å². The van der Waals surface area contributed by atoms with E-state index in [1.807, 2.05) is 0 Å². The van der Waals surface area contributed by atoms with E-state index in [-0.39, 0.29) is 52.0 Å². The zero-order valence-corrected chi connectivity index (χ0v) is 22.6. The molecule has 2 N–H and O–H groups in total. The molecule has 0 spiro atoms. The van der Waals surface area contributed by atoms with Crippen LogP contribution in [0.1, 0.15) is 46.9 Å². The number of benzene rings is 2. The summed E-state index contributed by atoms with van der Waals surface area (Å²) < 4.78 is 40.9. The second-order valence-electron chi connectivity index (χ2n) is 10.8. The maximum Gasteiger partial charge on any atom is 0.256 e. The fraction of sp³-hybridized carbons (Fsp3) is 0.355. The number of carbonyl (C=O) groups is 3. The second kappa shape index (κ2) is 12.1. The minimum atomic E-state index is -0.787. The third kappa shape index (κ3) is 6.42. The Kier molecular flexibility index (Phi) is 8.37. The smallest absolute Gasteiger partial charge is 0.256 e. The van der Waals surface area contributed by atoms with Crippen molar-refractivity contribution in [2.75, 3.05) is 19.6 Å². The molecule has 2 fully saturated rings. The summed E-state index contributed by atoms with van der Waals surface area (Å²) in [6.45, 7) is 3.07. The van der Waals surface area contributed by atoms with Gasteiger partial charge in [-0.05, 0) is 86.1 Å². The number of halogens is 3. The highest BCUT2D eigenvalue weighted by atomic mass is 19.1. The van der Waals surface area contributed by atoms with E-state index in [0.717, 1.165) is 37.5 Å². The van der Waals surface area contributed by atoms with Crippen LogP contribution in [0, 0.1) is 35.2 Å². The lowest BCUT2D eigenvalue weighted by Gasteiger charge is -2.33. The highest BCUT2D eigenvalue weighted by molar-refractivity contribution is 6.00. The molecule has 3 amide bonds. The third-order valence-corrected chi connectivity index (χ3v) is 8.09. The van der Waals surface area contributed by atoms with Gasteiger partial charge in [0.25, 0.3) is 11.8 Å². The Morgan fingerprint density at radius 3 is 2.44 bits per heavy atom. The fourth-order valence-corrected chi connectivity index (χ4v) is 6.01. The molecule has 3 aromatic rings. The lowest BCUT2D eigenvalue weighted by atomic mass is 9.74. The number of amides is 3. The number of nitrogens with zero attached hydrogens (tertiary/aromatic N) is 2. The van der Waals surface area contributed by atoms with E-state index < -0.39 is 29.4 Å². The molecule has 2 aromatic carbocycles. The highest BCUT2D eigenvalue weighted by Crippen LogP contribution is 2.40. The first kappa shape index (κ1) is 28.3. The quantitative estimate of drug-likeness (QED) is 0.439. The molecule has 2 aliphatic rings. The fourth-order valence-electron chi connectivity index (χ4n) is 6.01. The molecule has 5 rings (SSSR count). The second-order valence-corrected chi connectivity index (χ2v) is 10.8. The van der Waals surface area contributed by atoms with Crippen molar-refractivity contribution in [3.05, 3.63) is 89.4 Å². The van der Waals surface area contributed by atoms with Gasteiger partial charge in [-0.1, -0.05) is 6.42 Å². The monoisotopic (exact) mass is 564 g/mol. The van der Waals surface area contributed by atoms with E-state index in [4.69, 9.17) is 0 Å². The number of likely N-dealkylation sites (tertiary alicyclic amines) is 1. The van der Waals surface area contributed by atoms with Crippen LogP contribution in [0.5, 0.6) is 0 Å². The molecule has 10 heteroatoms. The molecular weight excluding hydrogens is 533 g/mol. The van der Waals surface area contributed by atoms with E-state index in [9.17, 15) is 27.6 Å². The summed E-state index contributed by atoms with van der Waals surface area (Å²) in [7, 11) is 0. The largest absolute Gasteiger partial charge is 0.354 e. The van der Waals surface area contributed by atoms with Crippen LogP contribution in [0.4, 0.5) is 13.2 Å². The van der Waals surface area contributed by atoms with Crippen molar-refractivity contribution in [3.63, 3.8) is 0 Å². The zero-order chi connectivity index (χ0) is 29.1. The lowest BCUT2D eigenvalue weighted by molar-refractivity contribution is -0.122. The summed E-state index contributed by atoms with van der Waals surface area (Å²) in [5.74, 6) is -2.36. The topological polar surface area (TPSA) is 91.4 Å². The van der Waals surface area contributed by atoms with Gasteiger partial charge in [-0.25, -0.2) is 13.2 Å². The molecule has 7 nitrogen and oxygen atoms in total. The number of nitrogens with one attached hydrogen (secondary N) is 2. The van der Waals surface area contributed by atoms with E-state index >= 15 is 0 Å². The standard InChI is InChI=1S/C31H31F3N4O3/c1-18(37-30(40)19-7-9-23(32)10-8-19)29(39)36-15-20-4-2-5-21-16-38(17-27(20)21)31(41)26-6-3-11-35-28(26)22-12-24(33)14-25(34)13-22/h3,6-14,18,20-21,27H,2,4-5,15-17H2,1H3,(H,36,39)(H,37,40)/t18?,20-,21-,27-/m1/s1. The molecule has 1 saturated carbocycles. The zero-order valence-electron chi connectivity index (χ0n) is 22.6. The van der Waals surface area contributed by atoms with Gasteiger partial charge in [-0.2, -0.15) is 0 Å². The van der Waals surface area contributed by atoms with Gasteiger partial charge < -0.3 is 15.5 Å². The molecule has 0 bridgehead atoms. The molecule has 1 aliphatic carbocycles. The molecule has 4 atom stereocenters. The van der Waals surface area contributed by atoms with Crippen LogP contribution >= 0.6 is 0 Å². The Bertz CT molecular complexity index is 1430. The van der Waals surface area contributed by atoms with E-state index in [1.54, 1.807) is 24.0 Å². The minimum Gasteiger partial charge on any atom is -0.354 e. The Morgan fingerprint density at radius 2 is 1.71 bits per heavy atom. The first-order valence-electron chi connectivity index (χ1n) is 13.7. The maximum absolute atomic E-state index is 13.9. The van der Waals surface area contributed by atoms with Crippen molar-refractivity contribution in [1.29, 1.82) is 0 Å². The summed E-state index contributed by atoms with van der Waals surface area (Å²) >= 11 is 0. The number of hydrogen-bond donors (Lipinski definition) is 2. The van der Waals surface area contributed by atoms with Crippen molar-refractivity contribution in [2.45, 2.75) is 32.2 Å². The molecule has 2 heterocycles. The van der Waals surface area contributed by atoms with Crippen molar-refractivity contribution in [2.24, 2.45) is 17.8 Å². The third-order valence-electron chi connectivity index (χ3n) is 8.09.